The standard InChI is InChI=1S/C13H24N2O4/c1-2-9-3-5-10(6-4-9)14-13(19)15-11(7-8-16)12(17)18/h9-11,16H,2-8H2,1H3,(H,17,18)(H2,14,15,19)/t9?,10?,11-/m0/s1. The van der Waals surface area contributed by atoms with Gasteiger partial charge in [0, 0.05) is 19.1 Å². The molecular weight excluding hydrogens is 248 g/mol. The van der Waals surface area contributed by atoms with Crippen molar-refractivity contribution in [3.8, 4) is 0 Å². The Morgan fingerprint density at radius 1 is 1.26 bits per heavy atom. The largest absolute Gasteiger partial charge is 0.480 e. The molecule has 0 bridgehead atoms. The molecule has 0 aliphatic heterocycles. The fourth-order valence-electron chi connectivity index (χ4n) is 2.49. The summed E-state index contributed by atoms with van der Waals surface area (Å²) in [7, 11) is 0. The third-order valence-electron chi connectivity index (χ3n) is 3.78. The third-order valence-corrected chi connectivity index (χ3v) is 3.78. The van der Waals surface area contributed by atoms with Crippen LogP contribution in [0.4, 0.5) is 4.79 Å². The number of aliphatic hydroxyl groups excluding tert-OH is 1. The number of aliphatic hydroxyl groups is 1. The molecule has 0 heterocycles. The van der Waals surface area contributed by atoms with Gasteiger partial charge in [0.2, 0.25) is 0 Å². The maximum absolute atomic E-state index is 11.7. The summed E-state index contributed by atoms with van der Waals surface area (Å²) in [4.78, 5) is 22.5. The van der Waals surface area contributed by atoms with Crippen LogP contribution in [0.25, 0.3) is 0 Å². The van der Waals surface area contributed by atoms with E-state index in [1.165, 1.54) is 6.42 Å². The molecule has 0 aromatic rings. The molecule has 4 N–H and O–H groups in total. The lowest BCUT2D eigenvalue weighted by Crippen LogP contribution is -2.50. The van der Waals surface area contributed by atoms with Gasteiger partial charge in [-0.3, -0.25) is 0 Å². The van der Waals surface area contributed by atoms with E-state index in [4.69, 9.17) is 10.2 Å². The summed E-state index contributed by atoms with van der Waals surface area (Å²) < 4.78 is 0. The number of carbonyl (C=O) groups is 2. The van der Waals surface area contributed by atoms with Crippen LogP contribution >= 0.6 is 0 Å². The van der Waals surface area contributed by atoms with Crippen molar-refractivity contribution in [1.29, 1.82) is 0 Å². The molecule has 0 aromatic heterocycles. The number of hydrogen-bond acceptors (Lipinski definition) is 3. The fourth-order valence-corrected chi connectivity index (χ4v) is 2.49. The zero-order valence-electron chi connectivity index (χ0n) is 11.4. The lowest BCUT2D eigenvalue weighted by molar-refractivity contribution is -0.139. The molecule has 1 atom stereocenters. The minimum absolute atomic E-state index is 0.0192. The summed E-state index contributed by atoms with van der Waals surface area (Å²) in [6.45, 7) is 1.91. The molecule has 1 saturated carbocycles. The van der Waals surface area contributed by atoms with Gasteiger partial charge in [0.25, 0.3) is 0 Å². The minimum atomic E-state index is -1.13. The molecule has 0 spiro atoms. The highest BCUT2D eigenvalue weighted by Crippen LogP contribution is 2.26. The Morgan fingerprint density at radius 2 is 1.89 bits per heavy atom. The Hall–Kier alpha value is -1.30. The molecule has 110 valence electrons. The van der Waals surface area contributed by atoms with Gasteiger partial charge >= 0.3 is 12.0 Å². The zero-order valence-corrected chi connectivity index (χ0v) is 11.4. The van der Waals surface area contributed by atoms with Crippen molar-refractivity contribution in [1.82, 2.24) is 10.6 Å². The van der Waals surface area contributed by atoms with E-state index in [1.807, 2.05) is 0 Å². The van der Waals surface area contributed by atoms with E-state index in [0.717, 1.165) is 31.6 Å². The van der Waals surface area contributed by atoms with E-state index >= 15 is 0 Å². The number of carbonyl (C=O) groups excluding carboxylic acids is 1. The first-order chi connectivity index (χ1) is 9.06. The molecule has 6 nitrogen and oxygen atoms in total. The summed E-state index contributed by atoms with van der Waals surface area (Å²) >= 11 is 0. The number of carboxylic acid groups (broad SMARTS) is 1. The van der Waals surface area contributed by atoms with Crippen molar-refractivity contribution in [2.24, 2.45) is 5.92 Å². The van der Waals surface area contributed by atoms with Gasteiger partial charge in [-0.05, 0) is 31.6 Å². The number of urea groups is 1. The Kier molecular flexibility index (Phi) is 6.62. The fraction of sp³-hybridized carbons (Fsp3) is 0.846. The molecule has 1 aliphatic carbocycles. The summed E-state index contributed by atoms with van der Waals surface area (Å²) in [5.74, 6) is -0.374. The van der Waals surface area contributed by atoms with Gasteiger partial charge in [0.05, 0.1) is 0 Å². The number of rotatable bonds is 6. The molecule has 19 heavy (non-hydrogen) atoms. The van der Waals surface area contributed by atoms with Crippen molar-refractivity contribution < 1.29 is 19.8 Å². The molecule has 1 rings (SSSR count). The third kappa shape index (κ3) is 5.46. The quantitative estimate of drug-likeness (QED) is 0.581. The van der Waals surface area contributed by atoms with E-state index in [9.17, 15) is 9.59 Å². The first kappa shape index (κ1) is 15.8. The topological polar surface area (TPSA) is 98.7 Å². The van der Waals surface area contributed by atoms with Crippen molar-refractivity contribution in [2.75, 3.05) is 6.61 Å². The molecule has 2 amide bonds. The Labute approximate surface area is 113 Å². The van der Waals surface area contributed by atoms with Crippen molar-refractivity contribution in [3.63, 3.8) is 0 Å². The number of aliphatic carboxylic acids is 1. The summed E-state index contributed by atoms with van der Waals surface area (Å²) in [6.07, 6.45) is 5.32. The van der Waals surface area contributed by atoms with Crippen LogP contribution in [0.3, 0.4) is 0 Å². The van der Waals surface area contributed by atoms with Crippen molar-refractivity contribution >= 4 is 12.0 Å². The first-order valence-corrected chi connectivity index (χ1v) is 6.97. The maximum atomic E-state index is 11.7. The summed E-state index contributed by atoms with van der Waals surface area (Å²) in [6, 6.07) is -1.36. The van der Waals surface area contributed by atoms with E-state index in [1.54, 1.807) is 0 Å². The highest BCUT2D eigenvalue weighted by atomic mass is 16.4. The van der Waals surface area contributed by atoms with Gasteiger partial charge in [0.1, 0.15) is 6.04 Å². The van der Waals surface area contributed by atoms with E-state index < -0.39 is 18.0 Å². The summed E-state index contributed by atoms with van der Waals surface area (Å²) in [5.41, 5.74) is 0. The molecule has 0 saturated heterocycles. The van der Waals surface area contributed by atoms with Crippen LogP contribution in [-0.4, -0.2) is 40.9 Å². The van der Waals surface area contributed by atoms with Gasteiger partial charge in [0.15, 0.2) is 0 Å². The molecular formula is C13H24N2O4. The maximum Gasteiger partial charge on any atom is 0.326 e. The monoisotopic (exact) mass is 272 g/mol. The average Bonchev–Trinajstić information content (AvgIpc) is 2.39. The zero-order chi connectivity index (χ0) is 14.3. The first-order valence-electron chi connectivity index (χ1n) is 6.97. The van der Waals surface area contributed by atoms with E-state index in [2.05, 4.69) is 17.6 Å². The van der Waals surface area contributed by atoms with Crippen LogP contribution in [0.15, 0.2) is 0 Å². The van der Waals surface area contributed by atoms with Crippen LogP contribution in [0, 0.1) is 5.92 Å². The average molecular weight is 272 g/mol. The van der Waals surface area contributed by atoms with Gasteiger partial charge in [-0.25, -0.2) is 9.59 Å². The highest BCUT2D eigenvalue weighted by Gasteiger charge is 2.23. The van der Waals surface area contributed by atoms with E-state index in [0.29, 0.717) is 0 Å². The smallest absolute Gasteiger partial charge is 0.326 e. The number of hydrogen-bond donors (Lipinski definition) is 4. The molecule has 0 aromatic carbocycles. The predicted octanol–water partition coefficient (Wildman–Crippen LogP) is 1.09. The second kappa shape index (κ2) is 7.99. The number of nitrogens with one attached hydrogen (secondary N) is 2. The van der Waals surface area contributed by atoms with Gasteiger partial charge in [-0.1, -0.05) is 13.3 Å². The van der Waals surface area contributed by atoms with Crippen LogP contribution in [-0.2, 0) is 4.79 Å². The van der Waals surface area contributed by atoms with Gasteiger partial charge in [-0.15, -0.1) is 0 Å². The normalized spacial score (nSPS) is 24.5. The highest BCUT2D eigenvalue weighted by molar-refractivity contribution is 5.82. The molecule has 0 radical (unpaired) electrons. The number of amides is 2. The molecule has 1 fully saturated rings. The molecule has 0 unspecified atom stereocenters. The van der Waals surface area contributed by atoms with Crippen molar-refractivity contribution in [2.45, 2.75) is 57.5 Å². The SMILES string of the molecule is CCC1CCC(NC(=O)N[C@@H](CCO)C(=O)O)CC1. The van der Waals surface area contributed by atoms with Gasteiger partial charge in [-0.2, -0.15) is 0 Å². The Balaban J connectivity index is 2.32. The van der Waals surface area contributed by atoms with Gasteiger partial charge < -0.3 is 20.8 Å². The predicted molar refractivity (Wildman–Crippen MR) is 70.8 cm³/mol. The second-order valence-electron chi connectivity index (χ2n) is 5.15. The Morgan fingerprint density at radius 3 is 2.37 bits per heavy atom. The number of carboxylic acids is 1. The molecule has 1 aliphatic rings. The van der Waals surface area contributed by atoms with Crippen molar-refractivity contribution in [3.05, 3.63) is 0 Å². The van der Waals surface area contributed by atoms with Crippen LogP contribution < -0.4 is 10.6 Å². The second-order valence-corrected chi connectivity index (χ2v) is 5.15. The Bertz CT molecular complexity index is 301. The van der Waals surface area contributed by atoms with E-state index in [-0.39, 0.29) is 19.1 Å². The summed E-state index contributed by atoms with van der Waals surface area (Å²) in [5, 5.41) is 22.8. The van der Waals surface area contributed by atoms with Crippen LogP contribution in [0.5, 0.6) is 0 Å². The molecule has 6 heteroatoms. The van der Waals surface area contributed by atoms with Crippen LogP contribution in [0.1, 0.15) is 45.4 Å². The lowest BCUT2D eigenvalue weighted by atomic mass is 9.85. The van der Waals surface area contributed by atoms with Crippen LogP contribution in [0.2, 0.25) is 0 Å². The minimum Gasteiger partial charge on any atom is -0.480 e. The lowest BCUT2D eigenvalue weighted by Gasteiger charge is -2.28.